The lowest BCUT2D eigenvalue weighted by atomic mass is 10.1. The maximum atomic E-state index is 12.5. The second kappa shape index (κ2) is 9.38. The molecule has 3 aromatic heterocycles. The molecule has 0 bridgehead atoms. The number of hydrogen-bond acceptors (Lipinski definition) is 4. The summed E-state index contributed by atoms with van der Waals surface area (Å²) in [6.45, 7) is 3.72. The molecule has 31 heavy (non-hydrogen) atoms. The molecule has 0 aliphatic heterocycles. The lowest BCUT2D eigenvalue weighted by Crippen LogP contribution is -2.27. The molecule has 0 saturated heterocycles. The number of carbonyl (C=O) groups is 1. The number of pyridine rings is 2. The minimum Gasteiger partial charge on any atom is -0.352 e. The van der Waals surface area contributed by atoms with Crippen LogP contribution in [0.15, 0.2) is 71.9 Å². The van der Waals surface area contributed by atoms with Crippen molar-refractivity contribution in [2.75, 3.05) is 6.54 Å². The average molecular weight is 415 g/mol. The van der Waals surface area contributed by atoms with E-state index >= 15 is 0 Å². The first-order valence-electron chi connectivity index (χ1n) is 10.4. The second-order valence-corrected chi connectivity index (χ2v) is 7.51. The quantitative estimate of drug-likeness (QED) is 0.449. The Morgan fingerprint density at radius 3 is 2.68 bits per heavy atom. The van der Waals surface area contributed by atoms with Crippen molar-refractivity contribution >= 4 is 17.1 Å². The number of carbonyl (C=O) groups excluding carboxylic acids is 1. The van der Waals surface area contributed by atoms with E-state index in [0.29, 0.717) is 30.6 Å². The molecule has 1 aromatic carbocycles. The third-order valence-corrected chi connectivity index (χ3v) is 5.31. The molecule has 0 unspecified atom stereocenters. The molecule has 0 aliphatic carbocycles. The Morgan fingerprint density at radius 2 is 1.87 bits per heavy atom. The summed E-state index contributed by atoms with van der Waals surface area (Å²) in [5.74, 6) is -0.189. The molecule has 3 heterocycles. The van der Waals surface area contributed by atoms with E-state index in [9.17, 15) is 9.59 Å². The van der Waals surface area contributed by atoms with Gasteiger partial charge >= 0.3 is 0 Å². The highest BCUT2D eigenvalue weighted by atomic mass is 16.1. The van der Waals surface area contributed by atoms with Crippen LogP contribution in [0.1, 0.15) is 28.0 Å². The summed E-state index contributed by atoms with van der Waals surface area (Å²) in [5, 5.41) is 2.90. The number of nitrogens with one attached hydrogen (secondary N) is 1. The van der Waals surface area contributed by atoms with Crippen LogP contribution in [0.5, 0.6) is 0 Å². The first kappa shape index (κ1) is 20.5. The zero-order chi connectivity index (χ0) is 21.6. The van der Waals surface area contributed by atoms with Crippen LogP contribution in [0.3, 0.4) is 0 Å². The lowest BCUT2D eigenvalue weighted by molar-refractivity contribution is 0.0952. The van der Waals surface area contributed by atoms with Crippen LogP contribution in [0.25, 0.3) is 11.2 Å². The van der Waals surface area contributed by atoms with Crippen LogP contribution in [-0.4, -0.2) is 31.6 Å². The predicted molar refractivity (Wildman–Crippen MR) is 120 cm³/mol. The van der Waals surface area contributed by atoms with Crippen LogP contribution in [0.2, 0.25) is 0 Å². The van der Waals surface area contributed by atoms with Gasteiger partial charge in [0.25, 0.3) is 11.5 Å². The average Bonchev–Trinajstić information content (AvgIpc) is 3.19. The molecule has 0 atom stereocenters. The van der Waals surface area contributed by atoms with Crippen LogP contribution >= 0.6 is 0 Å². The minimum absolute atomic E-state index is 0.0242. The van der Waals surface area contributed by atoms with Gasteiger partial charge in [0, 0.05) is 37.6 Å². The Kier molecular flexibility index (Phi) is 6.21. The number of fused-ring (bicyclic) bond motifs is 1. The van der Waals surface area contributed by atoms with Gasteiger partial charge in [0.1, 0.15) is 5.52 Å². The highest BCUT2D eigenvalue weighted by Crippen LogP contribution is 2.13. The predicted octanol–water partition coefficient (Wildman–Crippen LogP) is 2.96. The second-order valence-electron chi connectivity index (χ2n) is 7.51. The lowest BCUT2D eigenvalue weighted by Gasteiger charge is -2.10. The Balaban J connectivity index is 1.34. The molecule has 158 valence electrons. The monoisotopic (exact) mass is 415 g/mol. The fourth-order valence-electron chi connectivity index (χ4n) is 3.58. The number of aryl methyl sites for hydroxylation is 3. The summed E-state index contributed by atoms with van der Waals surface area (Å²) in [6.07, 6.45) is 4.91. The Morgan fingerprint density at radius 1 is 1.03 bits per heavy atom. The van der Waals surface area contributed by atoms with Crippen molar-refractivity contribution < 1.29 is 4.79 Å². The number of amides is 1. The normalized spacial score (nSPS) is 11.0. The van der Waals surface area contributed by atoms with Crippen molar-refractivity contribution in [1.82, 2.24) is 24.4 Å². The fraction of sp³-hybridized carbons (Fsp3) is 0.250. The summed E-state index contributed by atoms with van der Waals surface area (Å²) < 4.78 is 3.71. The molecule has 0 fully saturated rings. The number of nitrogens with zero attached hydrogens (tertiary/aromatic N) is 4. The van der Waals surface area contributed by atoms with E-state index in [4.69, 9.17) is 0 Å². The highest BCUT2D eigenvalue weighted by Gasteiger charge is 2.10. The van der Waals surface area contributed by atoms with E-state index in [2.05, 4.69) is 27.4 Å². The molecule has 0 spiro atoms. The highest BCUT2D eigenvalue weighted by molar-refractivity contribution is 5.96. The van der Waals surface area contributed by atoms with Gasteiger partial charge in [0.2, 0.25) is 0 Å². The van der Waals surface area contributed by atoms with E-state index in [1.807, 2.05) is 35.8 Å². The molecular weight excluding hydrogens is 390 g/mol. The standard InChI is InChI=1S/C24H25N5O2/c1-18-7-5-10-22(30)29(18)13-6-12-25-24(31)20-15-21-23(26-16-20)28(17-27-21)14-11-19-8-3-2-4-9-19/h2-5,7-10,15-17H,6,11-14H2,1H3,(H,25,31). The Hall–Kier alpha value is -3.74. The van der Waals surface area contributed by atoms with Crippen molar-refractivity contribution in [2.24, 2.45) is 0 Å². The van der Waals surface area contributed by atoms with Gasteiger partial charge in [-0.1, -0.05) is 36.4 Å². The Labute approximate surface area is 180 Å². The third kappa shape index (κ3) is 4.88. The van der Waals surface area contributed by atoms with Gasteiger partial charge in [-0.2, -0.15) is 0 Å². The molecule has 4 aromatic rings. The molecule has 0 radical (unpaired) electrons. The first-order valence-corrected chi connectivity index (χ1v) is 10.4. The maximum absolute atomic E-state index is 12.5. The SMILES string of the molecule is Cc1cccc(=O)n1CCCNC(=O)c1cnc2c(c1)ncn2CCc1ccccc1. The molecule has 0 saturated carbocycles. The van der Waals surface area contributed by atoms with E-state index in [0.717, 1.165) is 24.3 Å². The molecule has 4 rings (SSSR count). The maximum Gasteiger partial charge on any atom is 0.252 e. The number of benzene rings is 1. The van der Waals surface area contributed by atoms with Crippen LogP contribution < -0.4 is 10.9 Å². The summed E-state index contributed by atoms with van der Waals surface area (Å²) >= 11 is 0. The van der Waals surface area contributed by atoms with E-state index in [-0.39, 0.29) is 11.5 Å². The van der Waals surface area contributed by atoms with Gasteiger partial charge in [-0.3, -0.25) is 9.59 Å². The van der Waals surface area contributed by atoms with Gasteiger partial charge in [-0.25, -0.2) is 9.97 Å². The zero-order valence-electron chi connectivity index (χ0n) is 17.5. The Bertz CT molecular complexity index is 1240. The fourth-order valence-corrected chi connectivity index (χ4v) is 3.58. The van der Waals surface area contributed by atoms with E-state index in [1.165, 1.54) is 5.56 Å². The van der Waals surface area contributed by atoms with Crippen LogP contribution in [-0.2, 0) is 19.5 Å². The molecular formula is C24H25N5O2. The zero-order valence-corrected chi connectivity index (χ0v) is 17.5. The van der Waals surface area contributed by atoms with Gasteiger partial charge in [0.05, 0.1) is 11.9 Å². The van der Waals surface area contributed by atoms with Crippen LogP contribution in [0.4, 0.5) is 0 Å². The van der Waals surface area contributed by atoms with Crippen molar-refractivity contribution in [2.45, 2.75) is 32.9 Å². The van der Waals surface area contributed by atoms with Gasteiger partial charge < -0.3 is 14.5 Å². The number of rotatable bonds is 8. The third-order valence-electron chi connectivity index (χ3n) is 5.31. The van der Waals surface area contributed by atoms with Crippen molar-refractivity contribution in [3.63, 3.8) is 0 Å². The minimum atomic E-state index is -0.189. The first-order chi connectivity index (χ1) is 15.1. The summed E-state index contributed by atoms with van der Waals surface area (Å²) in [4.78, 5) is 33.3. The summed E-state index contributed by atoms with van der Waals surface area (Å²) in [6, 6.07) is 17.2. The van der Waals surface area contributed by atoms with E-state index in [1.54, 1.807) is 35.3 Å². The van der Waals surface area contributed by atoms with Gasteiger partial charge in [0.15, 0.2) is 5.65 Å². The van der Waals surface area contributed by atoms with Gasteiger partial charge in [-0.15, -0.1) is 0 Å². The topological polar surface area (TPSA) is 81.8 Å². The number of imidazole rings is 1. The smallest absolute Gasteiger partial charge is 0.252 e. The largest absolute Gasteiger partial charge is 0.352 e. The van der Waals surface area contributed by atoms with Gasteiger partial charge in [-0.05, 0) is 37.5 Å². The summed E-state index contributed by atoms with van der Waals surface area (Å²) in [7, 11) is 0. The van der Waals surface area contributed by atoms with Crippen molar-refractivity contribution in [3.8, 4) is 0 Å². The van der Waals surface area contributed by atoms with Crippen molar-refractivity contribution in [1.29, 1.82) is 0 Å². The number of aromatic nitrogens is 4. The molecule has 7 heteroatoms. The molecule has 7 nitrogen and oxygen atoms in total. The summed E-state index contributed by atoms with van der Waals surface area (Å²) in [5.41, 5.74) is 4.10. The molecule has 1 N–H and O–H groups in total. The molecule has 0 aliphatic rings. The van der Waals surface area contributed by atoms with E-state index < -0.39 is 0 Å². The van der Waals surface area contributed by atoms with Crippen molar-refractivity contribution in [3.05, 3.63) is 94.3 Å². The molecule has 1 amide bonds. The van der Waals surface area contributed by atoms with Crippen LogP contribution in [0, 0.1) is 6.92 Å². The number of hydrogen-bond donors (Lipinski definition) is 1.